The van der Waals surface area contributed by atoms with Crippen LogP contribution in [-0.4, -0.2) is 24.2 Å². The van der Waals surface area contributed by atoms with E-state index in [2.05, 4.69) is 5.32 Å². The van der Waals surface area contributed by atoms with E-state index in [1.54, 1.807) is 0 Å². The average molecular weight is 289 g/mol. The maximum absolute atomic E-state index is 13.0. The van der Waals surface area contributed by atoms with Crippen LogP contribution in [0.4, 0.5) is 13.2 Å². The van der Waals surface area contributed by atoms with Crippen LogP contribution in [0.3, 0.4) is 0 Å². The highest BCUT2D eigenvalue weighted by atomic mass is 19.2. The predicted octanol–water partition coefficient (Wildman–Crippen LogP) is 2.63. The molecule has 0 aliphatic heterocycles. The quantitative estimate of drug-likeness (QED) is 0.758. The molecule has 0 bridgehead atoms. The van der Waals surface area contributed by atoms with Gasteiger partial charge in [-0.3, -0.25) is 4.79 Å². The minimum absolute atomic E-state index is 0.0142. The molecule has 2 N–H and O–H groups in total. The molecule has 1 amide bonds. The van der Waals surface area contributed by atoms with Crippen molar-refractivity contribution in [2.24, 2.45) is 5.92 Å². The van der Waals surface area contributed by atoms with Gasteiger partial charge in [0.2, 0.25) is 0 Å². The van der Waals surface area contributed by atoms with Crippen molar-refractivity contribution in [3.8, 4) is 0 Å². The number of aliphatic hydroxyl groups excluding tert-OH is 1. The molecule has 112 valence electrons. The van der Waals surface area contributed by atoms with Crippen LogP contribution in [0, 0.1) is 23.4 Å². The van der Waals surface area contributed by atoms with Gasteiger partial charge in [0.05, 0.1) is 0 Å². The van der Waals surface area contributed by atoms with Crippen molar-refractivity contribution >= 4 is 5.91 Å². The van der Waals surface area contributed by atoms with E-state index >= 15 is 0 Å². The van der Waals surface area contributed by atoms with E-state index in [1.807, 2.05) is 6.92 Å². The topological polar surface area (TPSA) is 49.3 Å². The molecule has 0 radical (unpaired) electrons. The molecule has 1 aromatic carbocycles. The third kappa shape index (κ3) is 4.52. The summed E-state index contributed by atoms with van der Waals surface area (Å²) in [6.45, 7) is 2.30. The zero-order valence-corrected chi connectivity index (χ0v) is 11.3. The van der Waals surface area contributed by atoms with Gasteiger partial charge in [0.1, 0.15) is 0 Å². The number of hydrogen-bond donors (Lipinski definition) is 2. The van der Waals surface area contributed by atoms with E-state index in [0.717, 1.165) is 12.8 Å². The molecule has 0 saturated carbocycles. The largest absolute Gasteiger partial charge is 0.396 e. The van der Waals surface area contributed by atoms with Crippen LogP contribution >= 0.6 is 0 Å². The molecule has 1 atom stereocenters. The smallest absolute Gasteiger partial charge is 0.251 e. The summed E-state index contributed by atoms with van der Waals surface area (Å²) in [5.74, 6) is -4.94. The number of rotatable bonds is 7. The molecule has 1 unspecified atom stereocenters. The summed E-state index contributed by atoms with van der Waals surface area (Å²) in [4.78, 5) is 11.7. The Bertz CT molecular complexity index is 437. The van der Waals surface area contributed by atoms with Crippen LogP contribution < -0.4 is 5.32 Å². The van der Waals surface area contributed by atoms with Crippen LogP contribution in [0.5, 0.6) is 0 Å². The summed E-state index contributed by atoms with van der Waals surface area (Å²) in [6, 6.07) is 1.32. The van der Waals surface area contributed by atoms with Crippen molar-refractivity contribution in [3.63, 3.8) is 0 Å². The average Bonchev–Trinajstić information content (AvgIpc) is 2.41. The maximum atomic E-state index is 13.0. The summed E-state index contributed by atoms with van der Waals surface area (Å²) in [6.07, 6.45) is 2.27. The summed E-state index contributed by atoms with van der Waals surface area (Å²) in [5.41, 5.74) is -0.263. The number of carbonyl (C=O) groups excluding carboxylic acids is 1. The highest BCUT2D eigenvalue weighted by Gasteiger charge is 2.16. The molecule has 0 saturated heterocycles. The van der Waals surface area contributed by atoms with Gasteiger partial charge < -0.3 is 10.4 Å². The van der Waals surface area contributed by atoms with Crippen LogP contribution in [0.1, 0.15) is 36.5 Å². The Morgan fingerprint density at radius 1 is 1.25 bits per heavy atom. The summed E-state index contributed by atoms with van der Waals surface area (Å²) in [5, 5.41) is 11.4. The normalized spacial score (nSPS) is 12.2. The lowest BCUT2D eigenvalue weighted by Crippen LogP contribution is -2.30. The van der Waals surface area contributed by atoms with Crippen LogP contribution in [0.25, 0.3) is 0 Å². The Kier molecular flexibility index (Phi) is 6.51. The lowest BCUT2D eigenvalue weighted by atomic mass is 10.00. The third-order valence-electron chi connectivity index (χ3n) is 3.03. The number of hydrogen-bond acceptors (Lipinski definition) is 2. The van der Waals surface area contributed by atoms with Gasteiger partial charge in [0, 0.05) is 18.7 Å². The minimum Gasteiger partial charge on any atom is -0.396 e. The predicted molar refractivity (Wildman–Crippen MR) is 68.8 cm³/mol. The Balaban J connectivity index is 2.66. The molecule has 0 heterocycles. The van der Waals surface area contributed by atoms with Gasteiger partial charge in [-0.15, -0.1) is 0 Å². The SMILES string of the molecule is CCCC(CCO)CNC(=O)c1cc(F)c(F)c(F)c1. The van der Waals surface area contributed by atoms with Crippen molar-refractivity contribution in [1.82, 2.24) is 5.32 Å². The second kappa shape index (κ2) is 7.89. The monoisotopic (exact) mass is 289 g/mol. The fraction of sp³-hybridized carbons (Fsp3) is 0.500. The van der Waals surface area contributed by atoms with E-state index in [4.69, 9.17) is 5.11 Å². The highest BCUT2D eigenvalue weighted by Crippen LogP contribution is 2.14. The molecule has 6 heteroatoms. The van der Waals surface area contributed by atoms with Gasteiger partial charge in [0.15, 0.2) is 17.5 Å². The van der Waals surface area contributed by atoms with Gasteiger partial charge in [-0.2, -0.15) is 0 Å². The standard InChI is InChI=1S/C14H18F3NO2/c1-2-3-9(4-5-19)8-18-14(20)10-6-11(15)13(17)12(16)7-10/h6-7,9,19H,2-5,8H2,1H3,(H,18,20). The van der Waals surface area contributed by atoms with Gasteiger partial charge in [0.25, 0.3) is 5.91 Å². The van der Waals surface area contributed by atoms with Crippen molar-refractivity contribution in [3.05, 3.63) is 35.1 Å². The molecule has 0 aliphatic carbocycles. The van der Waals surface area contributed by atoms with E-state index in [1.165, 1.54) is 0 Å². The van der Waals surface area contributed by atoms with Crippen molar-refractivity contribution < 1.29 is 23.1 Å². The Labute approximate surface area is 115 Å². The maximum Gasteiger partial charge on any atom is 0.251 e. The van der Waals surface area contributed by atoms with E-state index in [9.17, 15) is 18.0 Å². The summed E-state index contributed by atoms with van der Waals surface area (Å²) >= 11 is 0. The number of nitrogens with one attached hydrogen (secondary N) is 1. The van der Waals surface area contributed by atoms with Crippen LogP contribution in [-0.2, 0) is 0 Å². The molecule has 0 aliphatic rings. The molecular weight excluding hydrogens is 271 g/mol. The third-order valence-corrected chi connectivity index (χ3v) is 3.03. The number of aliphatic hydroxyl groups is 1. The molecule has 0 fully saturated rings. The summed E-state index contributed by atoms with van der Waals surface area (Å²) < 4.78 is 38.8. The lowest BCUT2D eigenvalue weighted by molar-refractivity contribution is 0.0941. The first-order chi connectivity index (χ1) is 9.49. The summed E-state index contributed by atoms with van der Waals surface area (Å²) in [7, 11) is 0. The first-order valence-corrected chi connectivity index (χ1v) is 6.53. The molecule has 0 aromatic heterocycles. The molecule has 20 heavy (non-hydrogen) atoms. The van der Waals surface area contributed by atoms with Gasteiger partial charge in [-0.1, -0.05) is 13.3 Å². The zero-order chi connectivity index (χ0) is 15.1. The lowest BCUT2D eigenvalue weighted by Gasteiger charge is -2.15. The van der Waals surface area contributed by atoms with Crippen molar-refractivity contribution in [1.29, 1.82) is 0 Å². The van der Waals surface area contributed by atoms with Crippen molar-refractivity contribution in [2.45, 2.75) is 26.2 Å². The molecule has 1 rings (SSSR count). The molecule has 3 nitrogen and oxygen atoms in total. The number of carbonyl (C=O) groups is 1. The zero-order valence-electron chi connectivity index (χ0n) is 11.3. The Hall–Kier alpha value is -1.56. The molecule has 0 spiro atoms. The Morgan fingerprint density at radius 3 is 2.35 bits per heavy atom. The molecular formula is C14H18F3NO2. The first-order valence-electron chi connectivity index (χ1n) is 6.53. The number of benzene rings is 1. The minimum atomic E-state index is -1.59. The van der Waals surface area contributed by atoms with Crippen LogP contribution in [0.2, 0.25) is 0 Å². The molecule has 1 aromatic rings. The first kappa shape index (κ1) is 16.5. The van der Waals surface area contributed by atoms with Crippen molar-refractivity contribution in [2.75, 3.05) is 13.2 Å². The van der Waals surface area contributed by atoms with Gasteiger partial charge >= 0.3 is 0 Å². The fourth-order valence-electron chi connectivity index (χ4n) is 1.96. The van der Waals surface area contributed by atoms with E-state index < -0.39 is 23.4 Å². The van der Waals surface area contributed by atoms with E-state index in [0.29, 0.717) is 25.1 Å². The second-order valence-electron chi connectivity index (χ2n) is 4.63. The second-order valence-corrected chi connectivity index (χ2v) is 4.63. The number of amides is 1. The number of halogens is 3. The van der Waals surface area contributed by atoms with E-state index in [-0.39, 0.29) is 18.1 Å². The highest BCUT2D eigenvalue weighted by molar-refractivity contribution is 5.94. The van der Waals surface area contributed by atoms with Gasteiger partial charge in [-0.05, 0) is 30.9 Å². The van der Waals surface area contributed by atoms with Gasteiger partial charge in [-0.25, -0.2) is 13.2 Å². The Morgan fingerprint density at radius 2 is 1.85 bits per heavy atom. The fourth-order valence-corrected chi connectivity index (χ4v) is 1.96. The van der Waals surface area contributed by atoms with Crippen LogP contribution in [0.15, 0.2) is 12.1 Å².